The van der Waals surface area contributed by atoms with Crippen LogP contribution in [0.15, 0.2) is 30.3 Å². The van der Waals surface area contributed by atoms with Gasteiger partial charge < -0.3 is 10.2 Å². The van der Waals surface area contributed by atoms with E-state index < -0.39 is 6.04 Å². The first-order valence-corrected chi connectivity index (χ1v) is 9.20. The molecule has 0 radical (unpaired) electrons. The van der Waals surface area contributed by atoms with Crippen LogP contribution in [0.3, 0.4) is 0 Å². The number of aryl methyl sites for hydroxylation is 1. The highest BCUT2D eigenvalue weighted by atomic mass is 32.1. The zero-order valence-corrected chi connectivity index (χ0v) is 14.9. The van der Waals surface area contributed by atoms with Crippen molar-refractivity contribution in [2.24, 2.45) is 0 Å². The van der Waals surface area contributed by atoms with E-state index in [1.165, 1.54) is 11.3 Å². The monoisotopic (exact) mass is 359 g/mol. The predicted octanol–water partition coefficient (Wildman–Crippen LogP) is 2.41. The molecule has 1 aliphatic heterocycles. The molecule has 3 rings (SSSR count). The topological polar surface area (TPSA) is 87.2 Å². The van der Waals surface area contributed by atoms with Gasteiger partial charge in [0.2, 0.25) is 11.0 Å². The van der Waals surface area contributed by atoms with E-state index in [0.717, 1.165) is 23.4 Å². The number of likely N-dealkylation sites (tertiary alicyclic amines) is 1. The third-order valence-corrected chi connectivity index (χ3v) is 5.09. The lowest BCUT2D eigenvalue weighted by Crippen LogP contribution is -2.47. The summed E-state index contributed by atoms with van der Waals surface area (Å²) in [6.45, 7) is 3.01. The van der Waals surface area contributed by atoms with Crippen molar-refractivity contribution in [2.75, 3.05) is 11.9 Å². The number of aromatic nitrogens is 2. The first kappa shape index (κ1) is 17.3. The molecule has 7 nitrogen and oxygen atoms in total. The molecule has 8 heteroatoms. The van der Waals surface area contributed by atoms with Crippen molar-refractivity contribution in [3.05, 3.63) is 40.9 Å². The van der Waals surface area contributed by atoms with Crippen LogP contribution in [0.4, 0.5) is 9.93 Å². The molecule has 1 aliphatic rings. The summed E-state index contributed by atoms with van der Waals surface area (Å²) in [6.07, 6.45) is 2.25. The van der Waals surface area contributed by atoms with Gasteiger partial charge in [-0.2, -0.15) is 0 Å². The smallest absolute Gasteiger partial charge is 0.318 e. The van der Waals surface area contributed by atoms with Crippen LogP contribution in [0.1, 0.15) is 30.3 Å². The van der Waals surface area contributed by atoms with E-state index in [1.54, 1.807) is 4.90 Å². The number of anilines is 1. The first-order valence-electron chi connectivity index (χ1n) is 8.39. The molecule has 2 N–H and O–H groups in total. The predicted molar refractivity (Wildman–Crippen MR) is 96.3 cm³/mol. The number of nitrogens with zero attached hydrogens (tertiary/aromatic N) is 3. The Bertz CT molecular complexity index is 734. The quantitative estimate of drug-likeness (QED) is 0.858. The fraction of sp³-hybridized carbons (Fsp3) is 0.412. The summed E-state index contributed by atoms with van der Waals surface area (Å²) in [5, 5.41) is 15.0. The van der Waals surface area contributed by atoms with Gasteiger partial charge in [-0.1, -0.05) is 48.6 Å². The Kier molecular flexibility index (Phi) is 5.60. The zero-order chi connectivity index (χ0) is 17.6. The molecule has 25 heavy (non-hydrogen) atoms. The highest BCUT2D eigenvalue weighted by molar-refractivity contribution is 7.15. The highest BCUT2D eigenvalue weighted by Crippen LogP contribution is 2.21. The maximum atomic E-state index is 12.5. The zero-order valence-electron chi connectivity index (χ0n) is 14.1. The van der Waals surface area contributed by atoms with Crippen LogP contribution < -0.4 is 10.6 Å². The van der Waals surface area contributed by atoms with E-state index in [9.17, 15) is 9.59 Å². The molecular weight excluding hydrogens is 338 g/mol. The molecule has 3 amide bonds. The van der Waals surface area contributed by atoms with E-state index in [4.69, 9.17) is 0 Å². The molecule has 1 fully saturated rings. The summed E-state index contributed by atoms with van der Waals surface area (Å²) in [7, 11) is 0. The van der Waals surface area contributed by atoms with Crippen molar-refractivity contribution in [3.8, 4) is 0 Å². The van der Waals surface area contributed by atoms with E-state index >= 15 is 0 Å². The van der Waals surface area contributed by atoms with Crippen molar-refractivity contribution in [1.29, 1.82) is 0 Å². The first-order chi connectivity index (χ1) is 12.2. The fourth-order valence-corrected chi connectivity index (χ4v) is 3.48. The number of amides is 3. The standard InChI is InChI=1S/C17H21N5O2S/c1-2-14-20-21-16(25-14)19-15(23)13-9-6-10-22(13)17(24)18-11-12-7-4-3-5-8-12/h3-5,7-8,13H,2,6,9-11H2,1H3,(H,18,24)(H,19,21,23). The second-order valence-electron chi connectivity index (χ2n) is 5.84. The van der Waals surface area contributed by atoms with Gasteiger partial charge in [0.05, 0.1) is 0 Å². The van der Waals surface area contributed by atoms with Crippen molar-refractivity contribution < 1.29 is 9.59 Å². The second-order valence-corrected chi connectivity index (χ2v) is 6.90. The molecule has 0 aliphatic carbocycles. The summed E-state index contributed by atoms with van der Waals surface area (Å²) in [4.78, 5) is 26.6. The van der Waals surface area contributed by atoms with Gasteiger partial charge in [-0.3, -0.25) is 10.1 Å². The van der Waals surface area contributed by atoms with Gasteiger partial charge >= 0.3 is 6.03 Å². The van der Waals surface area contributed by atoms with Crippen molar-refractivity contribution >= 4 is 28.4 Å². The third-order valence-electron chi connectivity index (χ3n) is 4.10. The maximum Gasteiger partial charge on any atom is 0.318 e. The number of carbonyl (C=O) groups is 2. The summed E-state index contributed by atoms with van der Waals surface area (Å²) < 4.78 is 0. The Morgan fingerprint density at radius 1 is 1.28 bits per heavy atom. The molecule has 0 spiro atoms. The van der Waals surface area contributed by atoms with Crippen molar-refractivity contribution in [3.63, 3.8) is 0 Å². The maximum absolute atomic E-state index is 12.5. The average molecular weight is 359 g/mol. The lowest BCUT2D eigenvalue weighted by atomic mass is 10.2. The van der Waals surface area contributed by atoms with Crippen LogP contribution >= 0.6 is 11.3 Å². The Balaban J connectivity index is 1.57. The van der Waals surface area contributed by atoms with E-state index in [1.807, 2.05) is 37.3 Å². The molecular formula is C17H21N5O2S. The molecule has 0 saturated carbocycles. The Hall–Kier alpha value is -2.48. The molecule has 1 aromatic carbocycles. The number of hydrogen-bond acceptors (Lipinski definition) is 5. The van der Waals surface area contributed by atoms with Gasteiger partial charge in [0, 0.05) is 13.1 Å². The van der Waals surface area contributed by atoms with Crippen LogP contribution in [0.5, 0.6) is 0 Å². The Morgan fingerprint density at radius 2 is 2.08 bits per heavy atom. The number of benzene rings is 1. The molecule has 2 aromatic rings. The SMILES string of the molecule is CCc1nnc(NC(=O)C2CCCN2C(=O)NCc2ccccc2)s1. The van der Waals surface area contributed by atoms with Crippen LogP contribution in [0.25, 0.3) is 0 Å². The van der Waals surface area contributed by atoms with Gasteiger partial charge in [-0.05, 0) is 24.8 Å². The van der Waals surface area contributed by atoms with Gasteiger partial charge in [0.1, 0.15) is 11.0 Å². The molecule has 1 unspecified atom stereocenters. The number of rotatable bonds is 5. The molecule has 1 saturated heterocycles. The van der Waals surface area contributed by atoms with E-state index in [2.05, 4.69) is 20.8 Å². The third kappa shape index (κ3) is 4.33. The summed E-state index contributed by atoms with van der Waals surface area (Å²) >= 11 is 1.36. The Morgan fingerprint density at radius 3 is 2.80 bits per heavy atom. The lowest BCUT2D eigenvalue weighted by molar-refractivity contribution is -0.119. The minimum Gasteiger partial charge on any atom is -0.334 e. The van der Waals surface area contributed by atoms with Gasteiger partial charge in [0.25, 0.3) is 0 Å². The number of nitrogens with one attached hydrogen (secondary N) is 2. The normalized spacial score (nSPS) is 16.7. The minimum atomic E-state index is -0.468. The van der Waals surface area contributed by atoms with Gasteiger partial charge in [-0.15, -0.1) is 10.2 Å². The van der Waals surface area contributed by atoms with E-state index in [-0.39, 0.29) is 11.9 Å². The largest absolute Gasteiger partial charge is 0.334 e. The van der Waals surface area contributed by atoms with Crippen molar-refractivity contribution in [1.82, 2.24) is 20.4 Å². The molecule has 1 atom stereocenters. The number of urea groups is 1. The van der Waals surface area contributed by atoms with Crippen LogP contribution in [-0.4, -0.2) is 39.6 Å². The number of carbonyl (C=O) groups excluding carboxylic acids is 2. The molecule has 2 heterocycles. The fourth-order valence-electron chi connectivity index (χ4n) is 2.79. The number of hydrogen-bond donors (Lipinski definition) is 2. The van der Waals surface area contributed by atoms with Crippen LogP contribution in [-0.2, 0) is 17.8 Å². The Labute approximate surface area is 150 Å². The van der Waals surface area contributed by atoms with Crippen LogP contribution in [0.2, 0.25) is 0 Å². The van der Waals surface area contributed by atoms with Gasteiger partial charge in [-0.25, -0.2) is 4.79 Å². The summed E-state index contributed by atoms with van der Waals surface area (Å²) in [5.74, 6) is -0.203. The summed E-state index contributed by atoms with van der Waals surface area (Å²) in [5.41, 5.74) is 1.03. The minimum absolute atomic E-state index is 0.203. The molecule has 0 bridgehead atoms. The van der Waals surface area contributed by atoms with Gasteiger partial charge in [0.15, 0.2) is 0 Å². The highest BCUT2D eigenvalue weighted by Gasteiger charge is 2.34. The lowest BCUT2D eigenvalue weighted by Gasteiger charge is -2.23. The average Bonchev–Trinajstić information content (AvgIpc) is 3.29. The van der Waals surface area contributed by atoms with Crippen molar-refractivity contribution in [2.45, 2.75) is 38.8 Å². The second kappa shape index (κ2) is 8.06. The molecule has 132 valence electrons. The van der Waals surface area contributed by atoms with Crippen LogP contribution in [0, 0.1) is 0 Å². The summed E-state index contributed by atoms with van der Waals surface area (Å²) in [6, 6.07) is 9.02. The van der Waals surface area contributed by atoms with E-state index in [0.29, 0.717) is 24.6 Å². The molecule has 1 aromatic heterocycles.